The molecular formula is C42H47ClN12O5. The number of aromatic nitrogens is 7. The van der Waals surface area contributed by atoms with Gasteiger partial charge in [-0.15, -0.1) is 0 Å². The summed E-state index contributed by atoms with van der Waals surface area (Å²) >= 11 is 6.58. The molecule has 3 atom stereocenters. The minimum absolute atomic E-state index is 0.197. The fourth-order valence-electron chi connectivity index (χ4n) is 9.79. The first kappa shape index (κ1) is 38.6. The summed E-state index contributed by atoms with van der Waals surface area (Å²) in [6.45, 7) is 7.02. The first-order valence-electron chi connectivity index (χ1n) is 20.9. The van der Waals surface area contributed by atoms with Crippen molar-refractivity contribution in [3.8, 4) is 11.8 Å². The molecule has 4 saturated heterocycles. The molecular weight excluding hydrogens is 788 g/mol. The van der Waals surface area contributed by atoms with Crippen molar-refractivity contribution in [2.24, 2.45) is 13.0 Å². The van der Waals surface area contributed by atoms with Gasteiger partial charge in [-0.2, -0.15) is 10.2 Å². The van der Waals surface area contributed by atoms with Crippen molar-refractivity contribution in [3.63, 3.8) is 0 Å². The average Bonchev–Trinajstić information content (AvgIpc) is 4.10. The van der Waals surface area contributed by atoms with E-state index in [-0.39, 0.29) is 41.2 Å². The maximum Gasteiger partial charge on any atom is 0.329 e. The molecule has 60 heavy (non-hydrogen) atoms. The molecule has 17 nitrogen and oxygen atoms in total. The highest BCUT2D eigenvalue weighted by atomic mass is 35.5. The highest BCUT2D eigenvalue weighted by molar-refractivity contribution is 6.32. The molecule has 2 N–H and O–H groups in total. The van der Waals surface area contributed by atoms with Crippen LogP contribution in [0.3, 0.4) is 0 Å². The Balaban J connectivity index is 0.701. The third-order valence-electron chi connectivity index (χ3n) is 13.1. The van der Waals surface area contributed by atoms with Gasteiger partial charge >= 0.3 is 5.69 Å². The van der Waals surface area contributed by atoms with Crippen LogP contribution >= 0.6 is 11.6 Å². The van der Waals surface area contributed by atoms with Crippen LogP contribution in [0.15, 0.2) is 47.7 Å². The third-order valence-corrected chi connectivity index (χ3v) is 13.3. The van der Waals surface area contributed by atoms with E-state index < -0.39 is 11.9 Å². The van der Waals surface area contributed by atoms with Crippen LogP contribution in [0.2, 0.25) is 5.15 Å². The average molecular weight is 835 g/mol. The number of benzene rings is 1. The number of imide groups is 1. The van der Waals surface area contributed by atoms with E-state index in [4.69, 9.17) is 21.3 Å². The van der Waals surface area contributed by atoms with Crippen LogP contribution in [0.5, 0.6) is 0 Å². The van der Waals surface area contributed by atoms with Crippen molar-refractivity contribution in [1.82, 2.24) is 48.6 Å². The molecule has 8 heterocycles. The molecule has 1 unspecified atom stereocenters. The number of ether oxygens (including phenoxy) is 1. The van der Waals surface area contributed by atoms with E-state index in [1.54, 1.807) is 16.1 Å². The topological polar surface area (TPSA) is 169 Å². The second kappa shape index (κ2) is 15.8. The zero-order chi connectivity index (χ0) is 41.1. The van der Waals surface area contributed by atoms with Crippen LogP contribution in [-0.2, 0) is 21.4 Å². The molecule has 10 rings (SSSR count). The zero-order valence-electron chi connectivity index (χ0n) is 33.4. The number of hydrogen-bond acceptors (Lipinski definition) is 11. The summed E-state index contributed by atoms with van der Waals surface area (Å²) in [6, 6.07) is 7.31. The molecule has 2 bridgehead atoms. The summed E-state index contributed by atoms with van der Waals surface area (Å²) in [5.74, 6) is 6.96. The largest absolute Gasteiger partial charge is 0.374 e. The quantitative estimate of drug-likeness (QED) is 0.174. The van der Waals surface area contributed by atoms with Crippen molar-refractivity contribution in [3.05, 3.63) is 69.6 Å². The number of piperazine rings is 1. The predicted molar refractivity (Wildman–Crippen MR) is 223 cm³/mol. The highest BCUT2D eigenvalue weighted by Gasteiger charge is 2.40. The Labute approximate surface area is 350 Å². The van der Waals surface area contributed by atoms with Crippen molar-refractivity contribution in [1.29, 1.82) is 0 Å². The van der Waals surface area contributed by atoms with Gasteiger partial charge in [-0.1, -0.05) is 29.5 Å². The Morgan fingerprint density at radius 2 is 1.85 bits per heavy atom. The SMILES string of the molecule is Cn1c(=O)n(C2CCC(=O)NC2=O)c2cccc(C#CCN3CCN(CC4CCC(n5cc(NC(=O)c6cnn7ccc(N8C[C@H]9C[C@@H]8CO9)nc67)c(Cl)n5)CC4)CC3)c21. The number of aryl methyl sites for hydroxylation is 1. The Bertz CT molecular complexity index is 2620. The fourth-order valence-corrected chi connectivity index (χ4v) is 9.98. The van der Waals surface area contributed by atoms with Gasteiger partial charge in [-0.25, -0.2) is 14.3 Å². The number of nitrogens with one attached hydrogen (secondary N) is 2. The lowest BCUT2D eigenvalue weighted by atomic mass is 9.85. The van der Waals surface area contributed by atoms with Gasteiger partial charge in [0.15, 0.2) is 10.8 Å². The standard InChI is InChI=1S/C42H47ClN12O5/c1-49-37-27(4-2-6-33(37)55(42(49)59)34-11-12-36(56)47-41(34)58)5-3-14-50-16-18-51(19-17-50)22-26-7-9-28(10-8-26)54-24-32(38(43)48-54)45-40(57)31-21-44-53-15-13-35(46-39(31)53)52-23-30-20-29(52)25-60-30/h2,4,6,13,15,21,24,26,28-30,34H,7-12,14,16-20,22-23,25H2,1H3,(H,45,57)(H,47,56,58)/t26?,28?,29-,30-,34?/m1/s1. The van der Waals surface area contributed by atoms with Crippen LogP contribution in [0.1, 0.15) is 73.0 Å². The van der Waals surface area contributed by atoms with E-state index in [9.17, 15) is 19.2 Å². The number of carbonyl (C=O) groups excluding carboxylic acids is 3. The normalized spacial score (nSPS) is 24.9. The second-order valence-corrected chi connectivity index (χ2v) is 17.1. The van der Waals surface area contributed by atoms with Gasteiger partial charge in [-0.3, -0.25) is 38.4 Å². The molecule has 3 amide bonds. The van der Waals surface area contributed by atoms with E-state index >= 15 is 0 Å². The van der Waals surface area contributed by atoms with Crippen LogP contribution in [-0.4, -0.2) is 126 Å². The Morgan fingerprint density at radius 1 is 1.03 bits per heavy atom. The molecule has 4 aromatic heterocycles. The highest BCUT2D eigenvalue weighted by Crippen LogP contribution is 2.35. The fraction of sp³-hybridized carbons (Fsp3) is 0.500. The number of hydrogen-bond donors (Lipinski definition) is 2. The number of carbonyl (C=O) groups is 3. The molecule has 1 aliphatic carbocycles. The van der Waals surface area contributed by atoms with Crippen LogP contribution in [0.4, 0.5) is 11.5 Å². The maximum atomic E-state index is 13.5. The number of nitrogens with zero attached hydrogens (tertiary/aromatic N) is 10. The third kappa shape index (κ3) is 7.25. The molecule has 1 saturated carbocycles. The molecule has 18 heteroatoms. The number of amides is 3. The number of imidazole rings is 1. The van der Waals surface area contributed by atoms with Crippen molar-refractivity contribution in [2.45, 2.75) is 69.2 Å². The summed E-state index contributed by atoms with van der Waals surface area (Å²) in [6.07, 6.45) is 11.1. The van der Waals surface area contributed by atoms with Gasteiger partial charge in [0.25, 0.3) is 5.91 Å². The summed E-state index contributed by atoms with van der Waals surface area (Å²) < 4.78 is 12.3. The van der Waals surface area contributed by atoms with Gasteiger partial charge in [0.2, 0.25) is 11.8 Å². The Morgan fingerprint density at radius 3 is 2.62 bits per heavy atom. The second-order valence-electron chi connectivity index (χ2n) is 16.8. The minimum Gasteiger partial charge on any atom is -0.374 e. The summed E-state index contributed by atoms with van der Waals surface area (Å²) in [4.78, 5) is 63.1. The van der Waals surface area contributed by atoms with Crippen LogP contribution in [0.25, 0.3) is 16.7 Å². The molecule has 5 aromatic rings. The monoisotopic (exact) mass is 834 g/mol. The molecule has 312 valence electrons. The summed E-state index contributed by atoms with van der Waals surface area (Å²) in [5.41, 5.74) is 3.11. The number of piperidine rings is 1. The number of fused-ring (bicyclic) bond motifs is 4. The summed E-state index contributed by atoms with van der Waals surface area (Å²) in [5, 5.41) is 14.6. The lowest BCUT2D eigenvalue weighted by Gasteiger charge is -2.37. The molecule has 5 fully saturated rings. The molecule has 5 aliphatic rings. The smallest absolute Gasteiger partial charge is 0.329 e. The lowest BCUT2D eigenvalue weighted by Crippen LogP contribution is -2.48. The van der Waals surface area contributed by atoms with E-state index in [1.165, 1.54) is 10.8 Å². The van der Waals surface area contributed by atoms with Gasteiger partial charge in [0.05, 0.1) is 66.0 Å². The Hall–Kier alpha value is -5.54. The van der Waals surface area contributed by atoms with E-state index in [1.807, 2.05) is 41.3 Å². The van der Waals surface area contributed by atoms with E-state index in [2.05, 4.69) is 47.4 Å². The number of anilines is 2. The van der Waals surface area contributed by atoms with Gasteiger partial charge in [-0.05, 0) is 62.6 Å². The Kier molecular flexibility index (Phi) is 10.2. The summed E-state index contributed by atoms with van der Waals surface area (Å²) in [7, 11) is 1.70. The molecule has 0 radical (unpaired) electrons. The zero-order valence-corrected chi connectivity index (χ0v) is 34.2. The van der Waals surface area contributed by atoms with Crippen molar-refractivity contribution < 1.29 is 19.1 Å². The van der Waals surface area contributed by atoms with Crippen LogP contribution < -0.4 is 21.2 Å². The maximum absolute atomic E-state index is 13.5. The first-order chi connectivity index (χ1) is 29.2. The first-order valence-corrected chi connectivity index (χ1v) is 21.3. The van der Waals surface area contributed by atoms with Crippen molar-refractivity contribution >= 4 is 57.5 Å². The number of rotatable bonds is 8. The van der Waals surface area contributed by atoms with Gasteiger partial charge in [0.1, 0.15) is 17.4 Å². The van der Waals surface area contributed by atoms with Gasteiger partial charge in [0, 0.05) is 58.9 Å². The molecule has 4 aliphatic heterocycles. The minimum atomic E-state index is -0.728. The molecule has 1 aromatic carbocycles. The van der Waals surface area contributed by atoms with Crippen molar-refractivity contribution in [2.75, 3.05) is 62.6 Å². The number of halogens is 1. The van der Waals surface area contributed by atoms with E-state index in [0.29, 0.717) is 59.5 Å². The number of morpholine rings is 1. The molecule has 0 spiro atoms. The van der Waals surface area contributed by atoms with Gasteiger partial charge < -0.3 is 19.9 Å². The predicted octanol–water partition coefficient (Wildman–Crippen LogP) is 2.84. The number of para-hydroxylation sites is 1. The van der Waals surface area contributed by atoms with Crippen LogP contribution in [0, 0.1) is 17.8 Å². The van der Waals surface area contributed by atoms with E-state index in [0.717, 1.165) is 82.8 Å². The lowest BCUT2D eigenvalue weighted by molar-refractivity contribution is -0.135.